The molecule has 1 spiro atoms. The van der Waals surface area contributed by atoms with Gasteiger partial charge in [-0.2, -0.15) is 0 Å². The van der Waals surface area contributed by atoms with Gasteiger partial charge in [0.05, 0.1) is 12.5 Å². The Hall–Kier alpha value is -2.22. The van der Waals surface area contributed by atoms with Crippen LogP contribution in [0.25, 0.3) is 0 Å². The molecule has 1 aromatic rings. The maximum atomic E-state index is 13.6. The zero-order valence-corrected chi connectivity index (χ0v) is 16.7. The number of hydrogen-bond acceptors (Lipinski definition) is 7. The van der Waals surface area contributed by atoms with Crippen LogP contribution in [0.1, 0.15) is 25.3 Å². The summed E-state index contributed by atoms with van der Waals surface area (Å²) in [5.74, 6) is -0.818. The molecule has 7 heteroatoms. The van der Waals surface area contributed by atoms with Gasteiger partial charge in [0.25, 0.3) is 0 Å². The lowest BCUT2D eigenvalue weighted by Gasteiger charge is -2.67. The maximum Gasteiger partial charge on any atom is 0.320 e. The number of ether oxygens (including phenoxy) is 3. The first-order chi connectivity index (χ1) is 14.0. The summed E-state index contributed by atoms with van der Waals surface area (Å²) in [7, 11) is 3.06. The molecule has 5 aliphatic rings. The molecule has 4 heterocycles. The first-order valence-corrected chi connectivity index (χ1v) is 10.1. The molecule has 4 fully saturated rings. The summed E-state index contributed by atoms with van der Waals surface area (Å²) >= 11 is 0. The highest BCUT2D eigenvalue weighted by Gasteiger charge is 2.92. The third kappa shape index (κ3) is 1.41. The summed E-state index contributed by atoms with van der Waals surface area (Å²) in [5, 5.41) is 3.60. The van der Waals surface area contributed by atoms with Gasteiger partial charge in [-0.05, 0) is 18.6 Å². The Morgan fingerprint density at radius 2 is 2.10 bits per heavy atom. The average Bonchev–Trinajstić information content (AvgIpc) is 3.34. The van der Waals surface area contributed by atoms with Crippen molar-refractivity contribution in [3.63, 3.8) is 0 Å². The third-order valence-corrected chi connectivity index (χ3v) is 8.41. The van der Waals surface area contributed by atoms with E-state index >= 15 is 0 Å². The smallest absolute Gasteiger partial charge is 0.320 e. The number of nitrogens with one attached hydrogen (secondary N) is 1. The van der Waals surface area contributed by atoms with Gasteiger partial charge in [-0.15, -0.1) is 0 Å². The molecule has 1 saturated carbocycles. The van der Waals surface area contributed by atoms with Gasteiger partial charge in [-0.1, -0.05) is 29.8 Å². The van der Waals surface area contributed by atoms with Crippen LogP contribution in [0.5, 0.6) is 0 Å². The van der Waals surface area contributed by atoms with Crippen molar-refractivity contribution < 1.29 is 23.8 Å². The first-order valence-electron chi connectivity index (χ1n) is 10.1. The number of esters is 1. The summed E-state index contributed by atoms with van der Waals surface area (Å²) in [4.78, 5) is 28.9. The first kappa shape index (κ1) is 17.6. The quantitative estimate of drug-likeness (QED) is 0.361. The van der Waals surface area contributed by atoms with Crippen molar-refractivity contribution in [2.45, 2.75) is 42.9 Å². The van der Waals surface area contributed by atoms with Crippen molar-refractivity contribution in [2.75, 3.05) is 26.1 Å². The van der Waals surface area contributed by atoms with Crippen LogP contribution in [0.15, 0.2) is 35.9 Å². The van der Waals surface area contributed by atoms with E-state index in [-0.39, 0.29) is 12.1 Å². The number of allylic oxidation sites excluding steroid dienone is 1. The van der Waals surface area contributed by atoms with Crippen molar-refractivity contribution in [3.05, 3.63) is 41.5 Å². The Bertz CT molecular complexity index is 993. The van der Waals surface area contributed by atoms with Gasteiger partial charge in [0, 0.05) is 38.1 Å². The number of carbonyl (C=O) groups is 2. The monoisotopic (exact) mass is 396 g/mol. The molecule has 6 atom stereocenters. The Morgan fingerprint density at radius 3 is 2.79 bits per heavy atom. The summed E-state index contributed by atoms with van der Waals surface area (Å²) in [6, 6.07) is 7.88. The predicted molar refractivity (Wildman–Crippen MR) is 103 cm³/mol. The number of anilines is 1. The minimum atomic E-state index is -1.40. The van der Waals surface area contributed by atoms with E-state index in [4.69, 9.17) is 14.2 Å². The molecule has 1 aromatic carbocycles. The number of hydrogen-bond donors (Lipinski definition) is 1. The highest BCUT2D eigenvalue weighted by Crippen LogP contribution is 2.78. The van der Waals surface area contributed by atoms with Gasteiger partial charge in [-0.3, -0.25) is 4.79 Å². The molecule has 1 N–H and O–H groups in total. The van der Waals surface area contributed by atoms with Gasteiger partial charge in [-0.25, -0.2) is 4.90 Å². The van der Waals surface area contributed by atoms with E-state index in [0.717, 1.165) is 23.1 Å². The van der Waals surface area contributed by atoms with E-state index in [1.807, 2.05) is 37.3 Å². The lowest BCUT2D eigenvalue weighted by molar-refractivity contribution is -0.265. The predicted octanol–water partition coefficient (Wildman–Crippen LogP) is 1.79. The topological polar surface area (TPSA) is 77.1 Å². The minimum absolute atomic E-state index is 0.254. The van der Waals surface area contributed by atoms with Crippen LogP contribution in [0, 0.1) is 11.3 Å². The third-order valence-electron chi connectivity index (χ3n) is 8.41. The van der Waals surface area contributed by atoms with Crippen LogP contribution in [-0.2, 0) is 29.2 Å². The summed E-state index contributed by atoms with van der Waals surface area (Å²) in [5.41, 5.74) is -1.24. The van der Waals surface area contributed by atoms with E-state index in [1.165, 1.54) is 7.11 Å². The van der Waals surface area contributed by atoms with Gasteiger partial charge < -0.3 is 24.3 Å². The number of rotatable bonds is 3. The minimum Gasteiger partial charge on any atom is -0.468 e. The number of carbonyl (C=O) groups excluding carboxylic acids is 2. The number of methoxy groups -OCH3 is 2. The SMILES string of the molecule is CC=C1CN2[C@@H]3C[C@@]45c6ccccc6N[C@]4(O3)[C@]2(OC)C[C@@H]1[C@@]5(C=O)C(=O)OC. The number of fused-ring (bicyclic) bond motifs is 4. The van der Waals surface area contributed by atoms with Crippen molar-refractivity contribution in [1.29, 1.82) is 0 Å². The lowest BCUT2D eigenvalue weighted by Crippen LogP contribution is -2.84. The van der Waals surface area contributed by atoms with E-state index in [9.17, 15) is 9.59 Å². The molecule has 0 aromatic heterocycles. The zero-order chi connectivity index (χ0) is 20.2. The Morgan fingerprint density at radius 1 is 1.31 bits per heavy atom. The van der Waals surface area contributed by atoms with Crippen LogP contribution in [0.3, 0.4) is 0 Å². The van der Waals surface area contributed by atoms with Gasteiger partial charge >= 0.3 is 5.97 Å². The number of piperidine rings is 2. The van der Waals surface area contributed by atoms with E-state index < -0.39 is 28.2 Å². The molecule has 0 amide bonds. The number of aldehydes is 1. The second kappa shape index (κ2) is 5.09. The van der Waals surface area contributed by atoms with Crippen LogP contribution >= 0.6 is 0 Å². The fourth-order valence-electron chi connectivity index (χ4n) is 7.47. The standard InChI is InChI=1S/C22H24N2O5/c1-4-13-11-24-17-10-20-14-7-5-6-8-16(14)23-22(20,29-17)21(24,28-3)9-15(13)19(20,12-25)18(26)27-2/h4-8,12,15,17,23H,9-11H2,1-3H3/t15-,17-,19-,20-,21+,22+/m0/s1. The molecule has 1 aliphatic carbocycles. The van der Waals surface area contributed by atoms with E-state index in [2.05, 4.69) is 10.2 Å². The molecular weight excluding hydrogens is 372 g/mol. The second-order valence-electron chi connectivity index (χ2n) is 8.75. The highest BCUT2D eigenvalue weighted by molar-refractivity contribution is 5.99. The van der Waals surface area contributed by atoms with Crippen molar-refractivity contribution >= 4 is 17.9 Å². The van der Waals surface area contributed by atoms with Gasteiger partial charge in [0.15, 0.2) is 11.4 Å². The van der Waals surface area contributed by atoms with Crippen LogP contribution in [0.4, 0.5) is 5.69 Å². The second-order valence-corrected chi connectivity index (χ2v) is 8.75. The molecule has 7 nitrogen and oxygen atoms in total. The van der Waals surface area contributed by atoms with Gasteiger partial charge in [0.2, 0.25) is 0 Å². The van der Waals surface area contributed by atoms with Crippen LogP contribution in [0.2, 0.25) is 0 Å². The fraction of sp³-hybridized carbons (Fsp3) is 0.545. The molecule has 0 radical (unpaired) electrons. The molecule has 152 valence electrons. The van der Waals surface area contributed by atoms with E-state index in [0.29, 0.717) is 19.4 Å². The average molecular weight is 396 g/mol. The fourth-order valence-corrected chi connectivity index (χ4v) is 7.47. The summed E-state index contributed by atoms with van der Waals surface area (Å²) < 4.78 is 18.3. The molecule has 6 rings (SSSR count). The van der Waals surface area contributed by atoms with Crippen molar-refractivity contribution in [2.24, 2.45) is 11.3 Å². The zero-order valence-electron chi connectivity index (χ0n) is 16.7. The number of benzene rings is 1. The van der Waals surface area contributed by atoms with E-state index in [1.54, 1.807) is 7.11 Å². The molecule has 29 heavy (non-hydrogen) atoms. The maximum absolute atomic E-state index is 13.6. The molecular formula is C22H24N2O5. The number of nitrogens with zero attached hydrogens (tertiary/aromatic N) is 1. The molecule has 4 bridgehead atoms. The highest BCUT2D eigenvalue weighted by atomic mass is 16.6. The van der Waals surface area contributed by atoms with Gasteiger partial charge in [0.1, 0.15) is 17.9 Å². The Kier molecular flexibility index (Phi) is 3.09. The van der Waals surface area contributed by atoms with Crippen molar-refractivity contribution in [3.8, 4) is 0 Å². The molecule has 0 unspecified atom stereocenters. The summed E-state index contributed by atoms with van der Waals surface area (Å²) in [6.07, 6.45) is 3.63. The normalized spacial score (nSPS) is 47.1. The Labute approximate surface area is 169 Å². The van der Waals surface area contributed by atoms with Crippen molar-refractivity contribution in [1.82, 2.24) is 4.90 Å². The molecule has 3 saturated heterocycles. The summed E-state index contributed by atoms with van der Waals surface area (Å²) in [6.45, 7) is 2.56. The molecule has 4 aliphatic heterocycles. The van der Waals surface area contributed by atoms with Crippen LogP contribution in [-0.4, -0.2) is 55.6 Å². The van der Waals surface area contributed by atoms with Crippen LogP contribution < -0.4 is 5.32 Å². The lowest BCUT2D eigenvalue weighted by atomic mass is 9.41. The number of para-hydroxylation sites is 1. The Balaban J connectivity index is 1.78. The largest absolute Gasteiger partial charge is 0.468 e.